The van der Waals surface area contributed by atoms with Crippen LogP contribution in [0.25, 0.3) is 11.2 Å². The van der Waals surface area contributed by atoms with E-state index in [1.54, 1.807) is 0 Å². The van der Waals surface area contributed by atoms with Gasteiger partial charge in [0.2, 0.25) is 11.6 Å². The highest BCUT2D eigenvalue weighted by Gasteiger charge is 2.20. The van der Waals surface area contributed by atoms with Gasteiger partial charge in [-0.2, -0.15) is 20.3 Å². The molecule has 0 radical (unpaired) electrons. The summed E-state index contributed by atoms with van der Waals surface area (Å²) in [6.07, 6.45) is 4.07. The van der Waals surface area contributed by atoms with Crippen LogP contribution >= 0.6 is 0 Å². The third-order valence-electron chi connectivity index (χ3n) is 4.79. The maximum Gasteiger partial charge on any atom is 0.227 e. The lowest BCUT2D eigenvalue weighted by atomic mass is 9.92. The van der Waals surface area contributed by atoms with E-state index in [-0.39, 0.29) is 0 Å². The second-order valence-corrected chi connectivity index (χ2v) is 6.70. The normalized spacial score (nSPS) is 20.2. The van der Waals surface area contributed by atoms with Crippen molar-refractivity contribution in [1.29, 1.82) is 0 Å². The van der Waals surface area contributed by atoms with Crippen molar-refractivity contribution < 1.29 is 0 Å². The molecule has 1 aromatic carbocycles. The molecule has 7 N–H and O–H groups in total. The third kappa shape index (κ3) is 3.52. The fourth-order valence-corrected chi connectivity index (χ4v) is 3.25. The topological polar surface area (TPSA) is 143 Å². The first-order valence-corrected chi connectivity index (χ1v) is 8.87. The van der Waals surface area contributed by atoms with Crippen molar-refractivity contribution >= 4 is 28.6 Å². The van der Waals surface area contributed by atoms with Gasteiger partial charge in [-0.3, -0.25) is 0 Å². The SMILES string of the molecule is Nc1ccccc1CNc1nc(NC2CCC(N)CC2)nc2n[nH]nc12. The number of anilines is 3. The molecule has 3 aromatic rings. The highest BCUT2D eigenvalue weighted by atomic mass is 15.4. The quantitative estimate of drug-likeness (QED) is 0.435. The van der Waals surface area contributed by atoms with Crippen molar-refractivity contribution in [1.82, 2.24) is 25.4 Å². The molecule has 0 atom stereocenters. The van der Waals surface area contributed by atoms with E-state index in [4.69, 9.17) is 11.5 Å². The summed E-state index contributed by atoms with van der Waals surface area (Å²) in [4.78, 5) is 9.06. The van der Waals surface area contributed by atoms with Crippen LogP contribution in [0.2, 0.25) is 0 Å². The van der Waals surface area contributed by atoms with Gasteiger partial charge in [0.1, 0.15) is 0 Å². The smallest absolute Gasteiger partial charge is 0.227 e. The summed E-state index contributed by atoms with van der Waals surface area (Å²) in [5, 5.41) is 17.6. The standard InChI is InChI=1S/C17H23N9/c18-11-5-7-12(8-6-11)21-17-22-15(14-16(23-17)25-26-24-14)20-9-10-3-1-2-4-13(10)19/h1-4,11-12H,5-9,18-19H2,(H3,20,21,22,23,24,25,26). The second kappa shape index (κ2) is 7.12. The first-order valence-electron chi connectivity index (χ1n) is 8.87. The molecule has 0 spiro atoms. The minimum absolute atomic E-state index is 0.306. The van der Waals surface area contributed by atoms with Crippen LogP contribution in [0.15, 0.2) is 24.3 Å². The fourth-order valence-electron chi connectivity index (χ4n) is 3.25. The van der Waals surface area contributed by atoms with E-state index in [0.717, 1.165) is 36.9 Å². The van der Waals surface area contributed by atoms with Gasteiger partial charge < -0.3 is 22.1 Å². The zero-order chi connectivity index (χ0) is 17.9. The predicted octanol–water partition coefficient (Wildman–Crippen LogP) is 1.62. The van der Waals surface area contributed by atoms with Gasteiger partial charge in [-0.05, 0) is 37.3 Å². The Morgan fingerprint density at radius 2 is 1.88 bits per heavy atom. The van der Waals surface area contributed by atoms with Crippen LogP contribution in [0.4, 0.5) is 17.5 Å². The third-order valence-corrected chi connectivity index (χ3v) is 4.79. The van der Waals surface area contributed by atoms with E-state index in [1.807, 2.05) is 24.3 Å². The van der Waals surface area contributed by atoms with Crippen LogP contribution in [-0.4, -0.2) is 37.5 Å². The predicted molar refractivity (Wildman–Crippen MR) is 102 cm³/mol. The van der Waals surface area contributed by atoms with Crippen molar-refractivity contribution in [2.45, 2.75) is 44.3 Å². The molecular formula is C17H23N9. The molecule has 9 heteroatoms. The van der Waals surface area contributed by atoms with Gasteiger partial charge in [-0.25, -0.2) is 0 Å². The van der Waals surface area contributed by atoms with Crippen LogP contribution in [0, 0.1) is 0 Å². The molecule has 4 rings (SSSR count). The first kappa shape index (κ1) is 16.5. The number of aromatic amines is 1. The van der Waals surface area contributed by atoms with Crippen molar-refractivity contribution in [3.05, 3.63) is 29.8 Å². The van der Waals surface area contributed by atoms with E-state index >= 15 is 0 Å². The Balaban J connectivity index is 1.54. The summed E-state index contributed by atoms with van der Waals surface area (Å²) in [5.41, 5.74) is 14.9. The Labute approximate surface area is 151 Å². The molecule has 1 aliphatic carbocycles. The van der Waals surface area contributed by atoms with Crippen LogP contribution in [0.3, 0.4) is 0 Å². The number of nitrogens with zero attached hydrogens (tertiary/aromatic N) is 4. The molecule has 1 fully saturated rings. The molecule has 1 aliphatic rings. The summed E-state index contributed by atoms with van der Waals surface area (Å²) < 4.78 is 0. The molecular weight excluding hydrogens is 330 g/mol. The Morgan fingerprint density at radius 3 is 2.69 bits per heavy atom. The number of fused-ring (bicyclic) bond motifs is 1. The van der Waals surface area contributed by atoms with Crippen LogP contribution < -0.4 is 22.1 Å². The van der Waals surface area contributed by atoms with Gasteiger partial charge >= 0.3 is 0 Å². The molecule has 0 saturated heterocycles. The Kier molecular flexibility index (Phi) is 4.53. The number of H-pyrrole nitrogens is 1. The number of para-hydroxylation sites is 1. The van der Waals surface area contributed by atoms with Gasteiger partial charge in [-0.1, -0.05) is 18.2 Å². The molecule has 0 bridgehead atoms. The van der Waals surface area contributed by atoms with Crippen molar-refractivity contribution in [3.8, 4) is 0 Å². The van der Waals surface area contributed by atoms with Gasteiger partial charge in [0, 0.05) is 24.3 Å². The highest BCUT2D eigenvalue weighted by molar-refractivity contribution is 5.83. The molecule has 0 aliphatic heterocycles. The summed E-state index contributed by atoms with van der Waals surface area (Å²) in [5.74, 6) is 1.18. The van der Waals surface area contributed by atoms with E-state index in [9.17, 15) is 0 Å². The molecule has 136 valence electrons. The largest absolute Gasteiger partial charge is 0.398 e. The molecule has 2 heterocycles. The average molecular weight is 353 g/mol. The maximum absolute atomic E-state index is 6.01. The zero-order valence-electron chi connectivity index (χ0n) is 14.4. The lowest BCUT2D eigenvalue weighted by Crippen LogP contribution is -2.33. The van der Waals surface area contributed by atoms with Crippen LogP contribution in [-0.2, 0) is 6.54 Å². The van der Waals surface area contributed by atoms with Crippen LogP contribution in [0.1, 0.15) is 31.2 Å². The number of nitrogens with one attached hydrogen (secondary N) is 3. The van der Waals surface area contributed by atoms with E-state index < -0.39 is 0 Å². The molecule has 26 heavy (non-hydrogen) atoms. The molecule has 0 unspecified atom stereocenters. The lowest BCUT2D eigenvalue weighted by Gasteiger charge is -2.26. The molecule has 1 saturated carbocycles. The summed E-state index contributed by atoms with van der Waals surface area (Å²) >= 11 is 0. The number of nitrogen functional groups attached to an aromatic ring is 1. The first-order chi connectivity index (χ1) is 12.7. The number of benzene rings is 1. The minimum Gasteiger partial charge on any atom is -0.398 e. The lowest BCUT2D eigenvalue weighted by molar-refractivity contribution is 0.410. The Hall–Kier alpha value is -2.94. The van der Waals surface area contributed by atoms with Gasteiger partial charge in [0.25, 0.3) is 0 Å². The summed E-state index contributed by atoms with van der Waals surface area (Å²) in [6, 6.07) is 8.37. The average Bonchev–Trinajstić information content (AvgIpc) is 3.11. The summed E-state index contributed by atoms with van der Waals surface area (Å²) in [7, 11) is 0. The highest BCUT2D eigenvalue weighted by Crippen LogP contribution is 2.23. The zero-order valence-corrected chi connectivity index (χ0v) is 14.4. The molecule has 2 aromatic heterocycles. The maximum atomic E-state index is 6.01. The van der Waals surface area contributed by atoms with Gasteiger partial charge in [-0.15, -0.1) is 5.10 Å². The van der Waals surface area contributed by atoms with Crippen molar-refractivity contribution in [2.75, 3.05) is 16.4 Å². The second-order valence-electron chi connectivity index (χ2n) is 6.70. The number of hydrogen-bond donors (Lipinski definition) is 5. The van der Waals surface area contributed by atoms with Gasteiger partial charge in [0.05, 0.1) is 0 Å². The number of aromatic nitrogens is 5. The molecule has 0 amide bonds. The van der Waals surface area contributed by atoms with Crippen molar-refractivity contribution in [2.24, 2.45) is 5.73 Å². The summed E-state index contributed by atoms with van der Waals surface area (Å²) in [6.45, 7) is 0.545. The molecule has 9 nitrogen and oxygen atoms in total. The van der Waals surface area contributed by atoms with E-state index in [1.165, 1.54) is 0 Å². The Bertz CT molecular complexity index is 883. The van der Waals surface area contributed by atoms with E-state index in [2.05, 4.69) is 36.0 Å². The van der Waals surface area contributed by atoms with Crippen molar-refractivity contribution in [3.63, 3.8) is 0 Å². The monoisotopic (exact) mass is 353 g/mol. The minimum atomic E-state index is 0.306. The van der Waals surface area contributed by atoms with Gasteiger partial charge in [0.15, 0.2) is 11.3 Å². The number of rotatable bonds is 5. The fraction of sp³-hybridized carbons (Fsp3) is 0.412. The number of nitrogens with two attached hydrogens (primary N) is 2. The van der Waals surface area contributed by atoms with Crippen LogP contribution in [0.5, 0.6) is 0 Å². The Morgan fingerprint density at radius 1 is 1.08 bits per heavy atom. The number of hydrogen-bond acceptors (Lipinski definition) is 8. The van der Waals surface area contributed by atoms with E-state index in [0.29, 0.717) is 41.6 Å².